The number of hydrogen-bond acceptors (Lipinski definition) is 6. The zero-order valence-electron chi connectivity index (χ0n) is 32.9. The molecule has 0 amide bonds. The molecule has 0 N–H and O–H groups in total. The molecular formula is C44H62CaO6S2. The van der Waals surface area contributed by atoms with Crippen LogP contribution in [0.2, 0.25) is 0 Å². The van der Waals surface area contributed by atoms with Crippen LogP contribution in [0.1, 0.15) is 153 Å². The Morgan fingerprint density at radius 1 is 0.415 bits per heavy atom. The number of benzene rings is 4. The first-order chi connectivity index (χ1) is 24.9. The van der Waals surface area contributed by atoms with Crippen molar-refractivity contribution < 1.29 is 25.9 Å². The summed E-state index contributed by atoms with van der Waals surface area (Å²) in [5, 5.41) is 3.90. The Balaban J connectivity index is 0.000000360. The topological polar surface area (TPSA) is 114 Å². The van der Waals surface area contributed by atoms with Gasteiger partial charge in [0.1, 0.15) is 20.2 Å². The second-order valence-electron chi connectivity index (χ2n) is 14.3. The SMILES string of the molecule is CCCCCCc1ccc2ccc(S(=O)(=O)[O-])cc2c1CCCCCC.CCCCCCc1ccc2ccc(S(=O)(=O)[O-])cc2c1CCCCCC.[Ca+2]. The Morgan fingerprint density at radius 3 is 1.02 bits per heavy atom. The quantitative estimate of drug-likeness (QED) is 0.0445. The first kappa shape index (κ1) is 47.6. The second kappa shape index (κ2) is 24.9. The molecule has 4 aromatic rings. The largest absolute Gasteiger partial charge is 2.00 e. The third kappa shape index (κ3) is 15.9. The summed E-state index contributed by atoms with van der Waals surface area (Å²) in [7, 11) is -8.85. The van der Waals surface area contributed by atoms with Gasteiger partial charge in [-0.1, -0.05) is 141 Å². The van der Waals surface area contributed by atoms with E-state index in [4.69, 9.17) is 0 Å². The van der Waals surface area contributed by atoms with Crippen molar-refractivity contribution in [3.8, 4) is 0 Å². The zero-order valence-corrected chi connectivity index (χ0v) is 36.7. The van der Waals surface area contributed by atoms with Gasteiger partial charge in [-0.3, -0.25) is 0 Å². The molecule has 0 aliphatic rings. The molecule has 0 heterocycles. The van der Waals surface area contributed by atoms with Gasteiger partial charge in [-0.25, -0.2) is 16.8 Å². The fourth-order valence-electron chi connectivity index (χ4n) is 7.12. The van der Waals surface area contributed by atoms with E-state index >= 15 is 0 Å². The number of fused-ring (bicyclic) bond motifs is 2. The molecule has 0 aliphatic heterocycles. The van der Waals surface area contributed by atoms with Gasteiger partial charge in [0.25, 0.3) is 0 Å². The van der Waals surface area contributed by atoms with E-state index in [-0.39, 0.29) is 47.5 Å². The van der Waals surface area contributed by atoms with Crippen LogP contribution in [0.15, 0.2) is 70.5 Å². The van der Waals surface area contributed by atoms with E-state index in [0.29, 0.717) is 0 Å². The minimum Gasteiger partial charge on any atom is -0.744 e. The van der Waals surface area contributed by atoms with Gasteiger partial charge in [0.2, 0.25) is 0 Å². The Morgan fingerprint density at radius 2 is 0.717 bits per heavy atom. The normalized spacial score (nSPS) is 11.7. The molecule has 0 atom stereocenters. The molecule has 0 fully saturated rings. The van der Waals surface area contributed by atoms with Gasteiger partial charge in [0, 0.05) is 0 Å². The molecule has 6 nitrogen and oxygen atoms in total. The minimum atomic E-state index is -4.43. The smallest absolute Gasteiger partial charge is 0.744 e. The van der Waals surface area contributed by atoms with Crippen LogP contribution in [0.25, 0.3) is 21.5 Å². The van der Waals surface area contributed by atoms with E-state index < -0.39 is 20.2 Å². The predicted molar refractivity (Wildman–Crippen MR) is 221 cm³/mol. The molecular weight excluding hydrogens is 729 g/mol. The van der Waals surface area contributed by atoms with E-state index in [1.165, 1.54) is 111 Å². The summed E-state index contributed by atoms with van der Waals surface area (Å²) < 4.78 is 68.8. The molecule has 9 heteroatoms. The Hall–Kier alpha value is -1.52. The molecule has 53 heavy (non-hydrogen) atoms. The van der Waals surface area contributed by atoms with Crippen LogP contribution in [0.5, 0.6) is 0 Å². The minimum absolute atomic E-state index is 0. The van der Waals surface area contributed by atoms with Gasteiger partial charge in [-0.15, -0.1) is 0 Å². The van der Waals surface area contributed by atoms with Gasteiger partial charge in [-0.05, 0) is 119 Å². The maximum atomic E-state index is 11.5. The molecule has 0 unspecified atom stereocenters. The number of rotatable bonds is 22. The number of hydrogen-bond donors (Lipinski definition) is 0. The van der Waals surface area contributed by atoms with Crippen molar-refractivity contribution in [2.24, 2.45) is 0 Å². The van der Waals surface area contributed by atoms with Gasteiger partial charge in [0.05, 0.1) is 9.79 Å². The summed E-state index contributed by atoms with van der Waals surface area (Å²) in [6.45, 7) is 8.81. The molecule has 0 saturated carbocycles. The summed E-state index contributed by atoms with van der Waals surface area (Å²) in [5.41, 5.74) is 5.09. The standard InChI is InChI=1S/2C22H32O3S.Ca/c2*1-3-5-7-9-11-18-13-14-19-15-16-20(26(23,24)25)17-22(19)21(18)12-10-8-6-4-2;/h2*13-17H,3-12H2,1-2H3,(H,23,24,25);/q;;+2/p-2. The van der Waals surface area contributed by atoms with Crippen LogP contribution in [0, 0.1) is 0 Å². The maximum Gasteiger partial charge on any atom is 2.00 e. The van der Waals surface area contributed by atoms with Gasteiger partial charge < -0.3 is 9.11 Å². The molecule has 288 valence electrons. The summed E-state index contributed by atoms with van der Waals surface area (Å²) in [5.74, 6) is 0. The summed E-state index contributed by atoms with van der Waals surface area (Å²) >= 11 is 0. The number of unbranched alkanes of at least 4 members (excludes halogenated alkanes) is 12. The average Bonchev–Trinajstić information content (AvgIpc) is 3.12. The van der Waals surface area contributed by atoms with E-state index in [1.807, 2.05) is 0 Å². The maximum absolute atomic E-state index is 11.5. The van der Waals surface area contributed by atoms with Gasteiger partial charge >= 0.3 is 37.7 Å². The summed E-state index contributed by atoms with van der Waals surface area (Å²) in [6, 6.07) is 18.0. The first-order valence-electron chi connectivity index (χ1n) is 19.9. The third-order valence-corrected chi connectivity index (χ3v) is 11.8. The van der Waals surface area contributed by atoms with E-state index in [2.05, 4.69) is 52.0 Å². The van der Waals surface area contributed by atoms with Crippen LogP contribution in [-0.2, 0) is 45.9 Å². The van der Waals surface area contributed by atoms with Crippen LogP contribution in [0.3, 0.4) is 0 Å². The zero-order chi connectivity index (χ0) is 38.0. The fraction of sp³-hybridized carbons (Fsp3) is 0.545. The fourth-order valence-corrected chi connectivity index (χ4v) is 8.12. The molecule has 4 rings (SSSR count). The molecule has 0 aliphatic carbocycles. The van der Waals surface area contributed by atoms with E-state index in [9.17, 15) is 25.9 Å². The Labute approximate surface area is 351 Å². The molecule has 0 bridgehead atoms. The van der Waals surface area contributed by atoms with Gasteiger partial charge in [-0.2, -0.15) is 0 Å². The van der Waals surface area contributed by atoms with Crippen molar-refractivity contribution in [3.05, 3.63) is 82.9 Å². The van der Waals surface area contributed by atoms with E-state index in [0.717, 1.165) is 72.9 Å². The van der Waals surface area contributed by atoms with Crippen molar-refractivity contribution >= 4 is 79.5 Å². The van der Waals surface area contributed by atoms with Crippen LogP contribution >= 0.6 is 0 Å². The van der Waals surface area contributed by atoms with Crippen molar-refractivity contribution in [1.29, 1.82) is 0 Å². The first-order valence-corrected chi connectivity index (χ1v) is 22.8. The Kier molecular flexibility index (Phi) is 22.4. The molecule has 0 spiro atoms. The van der Waals surface area contributed by atoms with Crippen molar-refractivity contribution in [2.45, 2.75) is 166 Å². The number of aryl methyl sites for hydroxylation is 4. The monoisotopic (exact) mass is 790 g/mol. The van der Waals surface area contributed by atoms with Gasteiger partial charge in [0.15, 0.2) is 0 Å². The predicted octanol–water partition coefficient (Wildman–Crippen LogP) is 11.6. The molecule has 4 aromatic carbocycles. The molecule has 0 saturated heterocycles. The van der Waals surface area contributed by atoms with Crippen LogP contribution < -0.4 is 0 Å². The molecule has 0 radical (unpaired) electrons. The Bertz CT molecular complexity index is 1770. The van der Waals surface area contributed by atoms with Crippen molar-refractivity contribution in [3.63, 3.8) is 0 Å². The van der Waals surface area contributed by atoms with E-state index in [1.54, 1.807) is 24.3 Å². The third-order valence-electron chi connectivity index (χ3n) is 10.1. The summed E-state index contributed by atoms with van der Waals surface area (Å²) in [4.78, 5) is -0.245. The second-order valence-corrected chi connectivity index (χ2v) is 17.1. The van der Waals surface area contributed by atoms with Crippen LogP contribution in [-0.4, -0.2) is 63.7 Å². The van der Waals surface area contributed by atoms with Crippen molar-refractivity contribution in [1.82, 2.24) is 0 Å². The molecule has 0 aromatic heterocycles. The van der Waals surface area contributed by atoms with Crippen molar-refractivity contribution in [2.75, 3.05) is 0 Å². The summed E-state index contributed by atoms with van der Waals surface area (Å²) in [6.07, 6.45) is 23.0. The average molecular weight is 791 g/mol. The van der Waals surface area contributed by atoms with Crippen LogP contribution in [0.4, 0.5) is 0 Å².